The number of amides is 1. The molecule has 2 aromatic heterocycles. The molecule has 0 aliphatic carbocycles. The molecule has 35 heavy (non-hydrogen) atoms. The lowest BCUT2D eigenvalue weighted by molar-refractivity contribution is -0.114. The van der Waals surface area contributed by atoms with Crippen LogP contribution in [-0.2, 0) is 21.4 Å². The van der Waals surface area contributed by atoms with E-state index in [1.165, 1.54) is 29.7 Å². The van der Waals surface area contributed by atoms with Gasteiger partial charge in [0.15, 0.2) is 17.0 Å². The van der Waals surface area contributed by atoms with E-state index in [0.29, 0.717) is 55.4 Å². The van der Waals surface area contributed by atoms with Crippen LogP contribution in [0.5, 0.6) is 0 Å². The summed E-state index contributed by atoms with van der Waals surface area (Å²) in [7, 11) is -3.66. The molecule has 12 heteroatoms. The number of carbonyl (C=O) groups excluding carboxylic acids is 1. The first-order valence-electron chi connectivity index (χ1n) is 11.1. The monoisotopic (exact) mass is 492 g/mol. The van der Waals surface area contributed by atoms with Crippen LogP contribution in [0.1, 0.15) is 12.5 Å². The summed E-state index contributed by atoms with van der Waals surface area (Å²) in [4.78, 5) is 22.2. The van der Waals surface area contributed by atoms with Gasteiger partial charge in [0.05, 0.1) is 11.4 Å². The number of fused-ring (bicyclic) bond motifs is 1. The van der Waals surface area contributed by atoms with Gasteiger partial charge in [-0.25, -0.2) is 23.1 Å². The number of aromatic nitrogens is 5. The summed E-state index contributed by atoms with van der Waals surface area (Å²) in [5.41, 5.74) is 2.86. The molecule has 3 heterocycles. The number of nitrogens with one attached hydrogen (secondary N) is 1. The standard InChI is InChI=1S/C23H24N8O3S/c1-17(32)26-19-7-9-20(10-8-19)35(33,34)30-13-11-29(12-14-30)22-21-23(25-16-24-22)31(28-27-21)15-18-5-3-2-4-6-18/h2-10,16H,11-15H2,1H3,(H,26,32). The number of carbonyl (C=O) groups is 1. The highest BCUT2D eigenvalue weighted by Gasteiger charge is 2.30. The van der Waals surface area contributed by atoms with Gasteiger partial charge in [-0.3, -0.25) is 4.79 Å². The van der Waals surface area contributed by atoms with Crippen LogP contribution in [0.2, 0.25) is 0 Å². The maximum absolute atomic E-state index is 13.1. The van der Waals surface area contributed by atoms with Gasteiger partial charge < -0.3 is 10.2 Å². The molecule has 0 bridgehead atoms. The van der Waals surface area contributed by atoms with Crippen LogP contribution in [0.25, 0.3) is 11.2 Å². The van der Waals surface area contributed by atoms with Gasteiger partial charge in [-0.15, -0.1) is 5.10 Å². The van der Waals surface area contributed by atoms with Gasteiger partial charge in [-0.2, -0.15) is 4.31 Å². The fourth-order valence-corrected chi connectivity index (χ4v) is 5.50. The Kier molecular flexibility index (Phi) is 6.14. The minimum Gasteiger partial charge on any atom is -0.352 e. The van der Waals surface area contributed by atoms with Crippen LogP contribution < -0.4 is 10.2 Å². The average Bonchev–Trinajstić information content (AvgIpc) is 3.27. The highest BCUT2D eigenvalue weighted by Crippen LogP contribution is 2.25. The van der Waals surface area contributed by atoms with E-state index in [1.807, 2.05) is 35.2 Å². The second-order valence-electron chi connectivity index (χ2n) is 8.20. The Bertz CT molecular complexity index is 1450. The minimum atomic E-state index is -3.66. The first-order chi connectivity index (χ1) is 16.9. The smallest absolute Gasteiger partial charge is 0.243 e. The average molecular weight is 493 g/mol. The molecule has 1 aliphatic heterocycles. The predicted octanol–water partition coefficient (Wildman–Crippen LogP) is 1.74. The molecular formula is C23H24N8O3S. The molecule has 1 saturated heterocycles. The summed E-state index contributed by atoms with van der Waals surface area (Å²) in [6.45, 7) is 3.47. The van der Waals surface area contributed by atoms with Crippen molar-refractivity contribution in [3.8, 4) is 0 Å². The molecule has 2 aromatic carbocycles. The van der Waals surface area contributed by atoms with Gasteiger partial charge >= 0.3 is 0 Å². The van der Waals surface area contributed by atoms with Gasteiger partial charge in [0, 0.05) is 38.8 Å². The largest absolute Gasteiger partial charge is 0.352 e. The molecule has 0 unspecified atom stereocenters. The van der Waals surface area contributed by atoms with E-state index in [0.717, 1.165) is 5.56 Å². The number of anilines is 2. The molecule has 1 aliphatic rings. The summed E-state index contributed by atoms with van der Waals surface area (Å²) in [5, 5.41) is 11.2. The number of benzene rings is 2. The van der Waals surface area contributed by atoms with Crippen molar-refractivity contribution in [2.75, 3.05) is 36.4 Å². The molecular weight excluding hydrogens is 468 g/mol. The van der Waals surface area contributed by atoms with Crippen molar-refractivity contribution in [2.45, 2.75) is 18.4 Å². The van der Waals surface area contributed by atoms with E-state index < -0.39 is 10.0 Å². The Balaban J connectivity index is 1.30. The van der Waals surface area contributed by atoms with E-state index in [9.17, 15) is 13.2 Å². The van der Waals surface area contributed by atoms with E-state index in [-0.39, 0.29) is 10.8 Å². The SMILES string of the molecule is CC(=O)Nc1ccc(S(=O)(=O)N2CCN(c3ncnc4c3nnn4Cc3ccccc3)CC2)cc1. The summed E-state index contributed by atoms with van der Waals surface area (Å²) in [6.07, 6.45) is 1.49. The quantitative estimate of drug-likeness (QED) is 0.431. The number of hydrogen-bond acceptors (Lipinski definition) is 8. The lowest BCUT2D eigenvalue weighted by Gasteiger charge is -2.34. The van der Waals surface area contributed by atoms with Crippen molar-refractivity contribution in [3.05, 3.63) is 66.5 Å². The van der Waals surface area contributed by atoms with Crippen molar-refractivity contribution < 1.29 is 13.2 Å². The van der Waals surface area contributed by atoms with Crippen molar-refractivity contribution >= 4 is 38.6 Å². The van der Waals surface area contributed by atoms with Crippen molar-refractivity contribution in [1.29, 1.82) is 0 Å². The third-order valence-corrected chi connectivity index (χ3v) is 7.72. The van der Waals surface area contributed by atoms with Crippen LogP contribution in [0, 0.1) is 0 Å². The first-order valence-corrected chi connectivity index (χ1v) is 12.6. The number of rotatable bonds is 6. The molecule has 0 radical (unpaired) electrons. The number of sulfonamides is 1. The molecule has 11 nitrogen and oxygen atoms in total. The highest BCUT2D eigenvalue weighted by atomic mass is 32.2. The zero-order chi connectivity index (χ0) is 24.4. The van der Waals surface area contributed by atoms with Crippen LogP contribution in [-0.4, -0.2) is 69.8 Å². The molecule has 5 rings (SSSR count). The molecule has 0 atom stereocenters. The van der Waals surface area contributed by atoms with Crippen molar-refractivity contribution in [3.63, 3.8) is 0 Å². The molecule has 4 aromatic rings. The second kappa shape index (κ2) is 9.39. The summed E-state index contributed by atoms with van der Waals surface area (Å²) in [6, 6.07) is 16.1. The molecule has 1 amide bonds. The Morgan fingerprint density at radius 3 is 2.37 bits per heavy atom. The summed E-state index contributed by atoms with van der Waals surface area (Å²) < 4.78 is 29.4. The van der Waals surface area contributed by atoms with Crippen molar-refractivity contribution in [2.24, 2.45) is 0 Å². The lowest BCUT2D eigenvalue weighted by atomic mass is 10.2. The number of piperazine rings is 1. The van der Waals surface area contributed by atoms with Gasteiger partial charge in [0.1, 0.15) is 6.33 Å². The van der Waals surface area contributed by atoms with Gasteiger partial charge in [-0.1, -0.05) is 35.5 Å². The zero-order valence-electron chi connectivity index (χ0n) is 19.1. The van der Waals surface area contributed by atoms with Crippen LogP contribution in [0.4, 0.5) is 11.5 Å². The van der Waals surface area contributed by atoms with E-state index in [1.54, 1.807) is 16.8 Å². The van der Waals surface area contributed by atoms with E-state index in [4.69, 9.17) is 0 Å². The van der Waals surface area contributed by atoms with Crippen molar-refractivity contribution in [1.82, 2.24) is 29.3 Å². The fraction of sp³-hybridized carbons (Fsp3) is 0.261. The van der Waals surface area contributed by atoms with Gasteiger partial charge in [0.25, 0.3) is 0 Å². The zero-order valence-corrected chi connectivity index (χ0v) is 19.9. The van der Waals surface area contributed by atoms with Gasteiger partial charge in [-0.05, 0) is 29.8 Å². The Hall–Kier alpha value is -3.90. The van der Waals surface area contributed by atoms with Gasteiger partial charge in [0.2, 0.25) is 15.9 Å². The van der Waals surface area contributed by atoms with Crippen LogP contribution in [0.3, 0.4) is 0 Å². The normalized spacial score (nSPS) is 14.8. The molecule has 0 saturated carbocycles. The molecule has 1 N–H and O–H groups in total. The minimum absolute atomic E-state index is 0.188. The van der Waals surface area contributed by atoms with E-state index in [2.05, 4.69) is 25.6 Å². The first kappa shape index (κ1) is 22.9. The van der Waals surface area contributed by atoms with Crippen LogP contribution >= 0.6 is 0 Å². The highest BCUT2D eigenvalue weighted by molar-refractivity contribution is 7.89. The molecule has 1 fully saturated rings. The Morgan fingerprint density at radius 2 is 1.69 bits per heavy atom. The summed E-state index contributed by atoms with van der Waals surface area (Å²) in [5.74, 6) is 0.432. The lowest BCUT2D eigenvalue weighted by Crippen LogP contribution is -2.49. The molecule has 180 valence electrons. The maximum Gasteiger partial charge on any atom is 0.243 e. The predicted molar refractivity (Wildman–Crippen MR) is 130 cm³/mol. The fourth-order valence-electron chi connectivity index (χ4n) is 4.08. The summed E-state index contributed by atoms with van der Waals surface area (Å²) >= 11 is 0. The Labute approximate surface area is 202 Å². The van der Waals surface area contributed by atoms with Crippen LogP contribution in [0.15, 0.2) is 65.8 Å². The maximum atomic E-state index is 13.1. The third-order valence-electron chi connectivity index (χ3n) is 5.81. The molecule has 0 spiro atoms. The van der Waals surface area contributed by atoms with E-state index >= 15 is 0 Å². The third kappa shape index (κ3) is 4.70. The topological polar surface area (TPSA) is 126 Å². The Morgan fingerprint density at radius 1 is 0.971 bits per heavy atom. The number of nitrogens with zero attached hydrogens (tertiary/aromatic N) is 7. The second-order valence-corrected chi connectivity index (χ2v) is 10.1. The number of hydrogen-bond donors (Lipinski definition) is 1.